The molecule has 1 aliphatic carbocycles. The SMILES string of the molecule is CC1(C)CC(CC(=O)N2CCC[C@]3(CCC[C@H]3O)C2)CC(C)(C)N1.O=CO. The predicted molar refractivity (Wildman–Crippen MR) is 105 cm³/mol. The van der Waals surface area contributed by atoms with Crippen molar-refractivity contribution in [2.75, 3.05) is 13.1 Å². The number of carbonyl (C=O) groups excluding carboxylic acids is 1. The van der Waals surface area contributed by atoms with Gasteiger partial charge in [-0.2, -0.15) is 0 Å². The van der Waals surface area contributed by atoms with Crippen molar-refractivity contribution in [2.45, 2.75) is 96.2 Å². The molecule has 6 nitrogen and oxygen atoms in total. The second-order valence-electron chi connectivity index (χ2n) is 10.2. The van der Waals surface area contributed by atoms with Gasteiger partial charge in [0.15, 0.2) is 0 Å². The van der Waals surface area contributed by atoms with Crippen LogP contribution in [0.25, 0.3) is 0 Å². The van der Waals surface area contributed by atoms with E-state index in [-0.39, 0.29) is 29.1 Å². The molecule has 0 bridgehead atoms. The van der Waals surface area contributed by atoms with Gasteiger partial charge >= 0.3 is 0 Å². The van der Waals surface area contributed by atoms with E-state index in [0.717, 1.165) is 58.0 Å². The molecule has 3 N–H and O–H groups in total. The predicted octanol–water partition coefficient (Wildman–Crippen LogP) is 2.79. The van der Waals surface area contributed by atoms with Crippen molar-refractivity contribution in [3.63, 3.8) is 0 Å². The highest BCUT2D eigenvalue weighted by Crippen LogP contribution is 2.45. The van der Waals surface area contributed by atoms with Crippen molar-refractivity contribution in [2.24, 2.45) is 11.3 Å². The molecule has 0 unspecified atom stereocenters. The summed E-state index contributed by atoms with van der Waals surface area (Å²) in [5.74, 6) is 0.766. The van der Waals surface area contributed by atoms with Gasteiger partial charge in [-0.25, -0.2) is 0 Å². The Labute approximate surface area is 163 Å². The summed E-state index contributed by atoms with van der Waals surface area (Å²) in [6, 6.07) is 0. The smallest absolute Gasteiger partial charge is 0.290 e. The second-order valence-corrected chi connectivity index (χ2v) is 10.2. The van der Waals surface area contributed by atoms with Gasteiger partial charge in [-0.3, -0.25) is 9.59 Å². The van der Waals surface area contributed by atoms with Gasteiger partial charge in [0.25, 0.3) is 6.47 Å². The van der Waals surface area contributed by atoms with E-state index in [1.165, 1.54) is 0 Å². The van der Waals surface area contributed by atoms with E-state index >= 15 is 0 Å². The first-order valence-electron chi connectivity index (χ1n) is 10.4. The molecule has 6 heteroatoms. The molecule has 0 radical (unpaired) electrons. The number of hydrogen-bond acceptors (Lipinski definition) is 4. The number of piperidine rings is 2. The molecule has 1 spiro atoms. The molecule has 0 aromatic rings. The molecule has 27 heavy (non-hydrogen) atoms. The maximum atomic E-state index is 13.0. The number of aliphatic hydroxyl groups is 1. The van der Waals surface area contributed by atoms with Crippen LogP contribution in [0.15, 0.2) is 0 Å². The van der Waals surface area contributed by atoms with Crippen LogP contribution in [-0.4, -0.2) is 57.8 Å². The molecule has 3 fully saturated rings. The molecular weight excluding hydrogens is 344 g/mol. The van der Waals surface area contributed by atoms with Gasteiger partial charge in [-0.05, 0) is 72.1 Å². The van der Waals surface area contributed by atoms with E-state index in [1.54, 1.807) is 0 Å². The zero-order valence-corrected chi connectivity index (χ0v) is 17.5. The van der Waals surface area contributed by atoms with Crippen molar-refractivity contribution in [3.8, 4) is 0 Å². The molecule has 3 rings (SSSR count). The molecule has 0 aromatic heterocycles. The summed E-state index contributed by atoms with van der Waals surface area (Å²) < 4.78 is 0. The van der Waals surface area contributed by atoms with Crippen LogP contribution in [0, 0.1) is 11.3 Å². The Morgan fingerprint density at radius 1 is 1.15 bits per heavy atom. The zero-order valence-electron chi connectivity index (χ0n) is 17.5. The van der Waals surface area contributed by atoms with Gasteiger partial charge < -0.3 is 20.4 Å². The minimum absolute atomic E-state index is 0.000568. The Morgan fingerprint density at radius 3 is 2.22 bits per heavy atom. The molecule has 1 saturated carbocycles. The third kappa shape index (κ3) is 5.67. The lowest BCUT2D eigenvalue weighted by atomic mass is 9.74. The van der Waals surface area contributed by atoms with Crippen LogP contribution in [-0.2, 0) is 9.59 Å². The van der Waals surface area contributed by atoms with Crippen molar-refractivity contribution >= 4 is 12.4 Å². The van der Waals surface area contributed by atoms with Gasteiger partial charge in [-0.1, -0.05) is 6.42 Å². The fraction of sp³-hybridized carbons (Fsp3) is 0.905. The number of rotatable bonds is 2. The number of likely N-dealkylation sites (tertiary alicyclic amines) is 1. The van der Waals surface area contributed by atoms with Crippen molar-refractivity contribution < 1.29 is 19.8 Å². The van der Waals surface area contributed by atoms with E-state index in [2.05, 4.69) is 37.9 Å². The fourth-order valence-corrected chi connectivity index (χ4v) is 6.02. The lowest BCUT2D eigenvalue weighted by Crippen LogP contribution is -2.58. The Morgan fingerprint density at radius 2 is 1.70 bits per heavy atom. The van der Waals surface area contributed by atoms with E-state index in [4.69, 9.17) is 9.90 Å². The largest absolute Gasteiger partial charge is 0.483 e. The summed E-state index contributed by atoms with van der Waals surface area (Å²) in [6.45, 7) is 10.4. The van der Waals surface area contributed by atoms with Crippen LogP contribution in [0.4, 0.5) is 0 Å². The summed E-state index contributed by atoms with van der Waals surface area (Å²) in [5, 5.41) is 21.0. The number of amides is 1. The minimum atomic E-state index is -0.250. The molecule has 3 aliphatic rings. The highest BCUT2D eigenvalue weighted by Gasteiger charge is 2.46. The summed E-state index contributed by atoms with van der Waals surface area (Å²) >= 11 is 0. The molecular formula is C21H38N2O4. The summed E-state index contributed by atoms with van der Waals surface area (Å²) in [4.78, 5) is 23.4. The zero-order chi connectivity index (χ0) is 20.3. The second kappa shape index (κ2) is 8.48. The highest BCUT2D eigenvalue weighted by molar-refractivity contribution is 5.76. The summed E-state index contributed by atoms with van der Waals surface area (Å²) in [7, 11) is 0. The number of aliphatic hydroxyl groups excluding tert-OH is 1. The molecule has 156 valence electrons. The number of nitrogens with zero attached hydrogens (tertiary/aromatic N) is 1. The minimum Gasteiger partial charge on any atom is -0.483 e. The topological polar surface area (TPSA) is 89.9 Å². The third-order valence-corrected chi connectivity index (χ3v) is 6.56. The maximum Gasteiger partial charge on any atom is 0.290 e. The number of carbonyl (C=O) groups is 2. The van der Waals surface area contributed by atoms with Crippen LogP contribution in [0.2, 0.25) is 0 Å². The molecule has 1 amide bonds. The lowest BCUT2D eigenvalue weighted by Gasteiger charge is -2.47. The summed E-state index contributed by atoms with van der Waals surface area (Å²) in [5.41, 5.74) is 0.190. The third-order valence-electron chi connectivity index (χ3n) is 6.56. The van der Waals surface area contributed by atoms with E-state index in [0.29, 0.717) is 18.2 Å². The molecule has 2 saturated heterocycles. The van der Waals surface area contributed by atoms with E-state index < -0.39 is 0 Å². The quantitative estimate of drug-likeness (QED) is 0.639. The van der Waals surface area contributed by atoms with Gasteiger partial charge in [-0.15, -0.1) is 0 Å². The standard InChI is InChI=1S/C20H36N2O2.CH2O2/c1-18(2)12-15(13-19(3,4)21-18)11-17(24)22-10-6-9-20(14-22)8-5-7-16(20)23;2-1-3/h15-16,21,23H,5-14H2,1-4H3;1H,(H,2,3)/t16-,20-;/m1./s1. The first-order chi connectivity index (χ1) is 12.5. The molecule has 2 atom stereocenters. The van der Waals surface area contributed by atoms with Crippen LogP contribution in [0.3, 0.4) is 0 Å². The Bertz CT molecular complexity index is 518. The molecule has 2 heterocycles. The van der Waals surface area contributed by atoms with Crippen molar-refractivity contribution in [1.29, 1.82) is 0 Å². The fourth-order valence-electron chi connectivity index (χ4n) is 6.02. The summed E-state index contributed by atoms with van der Waals surface area (Å²) in [6.07, 6.45) is 7.83. The Balaban J connectivity index is 0.000000817. The van der Waals surface area contributed by atoms with Crippen LogP contribution >= 0.6 is 0 Å². The Hall–Kier alpha value is -1.14. The first kappa shape index (κ1) is 22.2. The van der Waals surface area contributed by atoms with Crippen molar-refractivity contribution in [1.82, 2.24) is 10.2 Å². The van der Waals surface area contributed by atoms with E-state index in [1.807, 2.05) is 0 Å². The number of nitrogens with one attached hydrogen (secondary N) is 1. The first-order valence-corrected chi connectivity index (χ1v) is 10.4. The van der Waals surface area contributed by atoms with E-state index in [9.17, 15) is 9.90 Å². The van der Waals surface area contributed by atoms with Crippen LogP contribution < -0.4 is 5.32 Å². The highest BCUT2D eigenvalue weighted by atomic mass is 16.3. The monoisotopic (exact) mass is 382 g/mol. The normalized spacial score (nSPS) is 32.6. The lowest BCUT2D eigenvalue weighted by molar-refractivity contribution is -0.138. The van der Waals surface area contributed by atoms with Gasteiger partial charge in [0.05, 0.1) is 6.10 Å². The number of hydrogen-bond donors (Lipinski definition) is 3. The Kier molecular flexibility index (Phi) is 6.96. The number of carboxylic acid groups (broad SMARTS) is 1. The maximum absolute atomic E-state index is 13.0. The average Bonchev–Trinajstić information content (AvgIpc) is 2.85. The van der Waals surface area contributed by atoms with Crippen molar-refractivity contribution in [3.05, 3.63) is 0 Å². The van der Waals surface area contributed by atoms with Gasteiger partial charge in [0.1, 0.15) is 0 Å². The van der Waals surface area contributed by atoms with Gasteiger partial charge in [0.2, 0.25) is 5.91 Å². The molecule has 2 aliphatic heterocycles. The van der Waals surface area contributed by atoms with Gasteiger partial charge in [0, 0.05) is 36.0 Å². The molecule has 0 aromatic carbocycles. The van der Waals surface area contributed by atoms with Crippen LogP contribution in [0.1, 0.15) is 79.1 Å². The average molecular weight is 383 g/mol. The van der Waals surface area contributed by atoms with Crippen LogP contribution in [0.5, 0.6) is 0 Å².